The Morgan fingerprint density at radius 1 is 1.36 bits per heavy atom. The van der Waals surface area contributed by atoms with Crippen molar-refractivity contribution in [2.75, 3.05) is 38.6 Å². The van der Waals surface area contributed by atoms with Gasteiger partial charge in [-0.15, -0.1) is 0 Å². The first-order valence-electron chi connectivity index (χ1n) is 8.07. The van der Waals surface area contributed by atoms with E-state index in [2.05, 4.69) is 5.32 Å². The Bertz CT molecular complexity index is 670. The highest BCUT2D eigenvalue weighted by atomic mass is 16.6. The van der Waals surface area contributed by atoms with Gasteiger partial charge < -0.3 is 19.9 Å². The molecule has 1 aliphatic rings. The van der Waals surface area contributed by atoms with Crippen molar-refractivity contribution in [2.24, 2.45) is 0 Å². The fourth-order valence-electron chi connectivity index (χ4n) is 2.88. The van der Waals surface area contributed by atoms with Gasteiger partial charge in [0.15, 0.2) is 6.04 Å². The van der Waals surface area contributed by atoms with Crippen molar-refractivity contribution < 1.29 is 24.1 Å². The van der Waals surface area contributed by atoms with Crippen molar-refractivity contribution in [1.82, 2.24) is 4.90 Å². The van der Waals surface area contributed by atoms with Crippen LogP contribution >= 0.6 is 0 Å². The van der Waals surface area contributed by atoms with Crippen molar-refractivity contribution >= 4 is 23.2 Å². The second-order valence-electron chi connectivity index (χ2n) is 6.02. The van der Waals surface area contributed by atoms with Crippen LogP contribution in [0.15, 0.2) is 18.2 Å². The summed E-state index contributed by atoms with van der Waals surface area (Å²) in [5, 5.41) is 13.6. The van der Waals surface area contributed by atoms with Gasteiger partial charge >= 0.3 is 0 Å². The summed E-state index contributed by atoms with van der Waals surface area (Å²) in [6.45, 7) is 5.93. The molecule has 9 heteroatoms. The van der Waals surface area contributed by atoms with Gasteiger partial charge in [0.25, 0.3) is 11.6 Å². The summed E-state index contributed by atoms with van der Waals surface area (Å²) in [7, 11) is 1.44. The molecule has 0 radical (unpaired) electrons. The Morgan fingerprint density at radius 2 is 2.00 bits per heavy atom. The number of nitrogens with one attached hydrogen (secondary N) is 2. The number of nitro groups is 1. The highest BCUT2D eigenvalue weighted by Gasteiger charge is 2.30. The number of hydrogen-bond acceptors (Lipinski definition) is 5. The van der Waals surface area contributed by atoms with Crippen molar-refractivity contribution in [3.63, 3.8) is 0 Å². The first-order chi connectivity index (χ1) is 11.8. The first-order valence-corrected chi connectivity index (χ1v) is 8.07. The number of piperazine rings is 1. The summed E-state index contributed by atoms with van der Waals surface area (Å²) in [4.78, 5) is 37.1. The van der Waals surface area contributed by atoms with Crippen LogP contribution in [-0.4, -0.2) is 61.0 Å². The maximum atomic E-state index is 12.5. The van der Waals surface area contributed by atoms with Crippen molar-refractivity contribution in [3.05, 3.63) is 28.3 Å². The molecule has 136 valence electrons. The summed E-state index contributed by atoms with van der Waals surface area (Å²) in [6.07, 6.45) is 0. The van der Waals surface area contributed by atoms with Gasteiger partial charge in [0, 0.05) is 19.1 Å². The second-order valence-corrected chi connectivity index (χ2v) is 6.02. The Morgan fingerprint density at radius 3 is 2.52 bits per heavy atom. The third kappa shape index (κ3) is 4.44. The number of hydrogen-bond donors (Lipinski definition) is 2. The number of non-ortho nitro benzene ring substituents is 1. The standard InChI is InChI=1S/C16H22N4O5/c1-11(18-6-8-19(9-7-18)12(2)21)16(22)17-14-10-13(20(23)24)4-5-15(14)25-3/h4-5,10-11H,6-9H2,1-3H3,(H,17,22)/p+1/t11-/m1/s1. The Kier molecular flexibility index (Phi) is 5.92. The number of quaternary nitrogens is 1. The second kappa shape index (κ2) is 7.93. The molecule has 2 amide bonds. The van der Waals surface area contributed by atoms with Gasteiger partial charge in [-0.3, -0.25) is 19.7 Å². The van der Waals surface area contributed by atoms with Gasteiger partial charge in [0.1, 0.15) is 5.75 Å². The Hall–Kier alpha value is -2.68. The van der Waals surface area contributed by atoms with Crippen LogP contribution in [0.2, 0.25) is 0 Å². The lowest BCUT2D eigenvalue weighted by Crippen LogP contribution is -3.19. The van der Waals surface area contributed by atoms with Gasteiger partial charge in [-0.25, -0.2) is 0 Å². The maximum Gasteiger partial charge on any atom is 0.282 e. The van der Waals surface area contributed by atoms with Crippen LogP contribution in [0, 0.1) is 10.1 Å². The number of amides is 2. The van der Waals surface area contributed by atoms with Gasteiger partial charge in [0.05, 0.1) is 43.9 Å². The van der Waals surface area contributed by atoms with Crippen LogP contribution in [0.5, 0.6) is 5.75 Å². The fraction of sp³-hybridized carbons (Fsp3) is 0.500. The molecule has 1 aromatic rings. The van der Waals surface area contributed by atoms with Crippen molar-refractivity contribution in [3.8, 4) is 5.75 Å². The highest BCUT2D eigenvalue weighted by Crippen LogP contribution is 2.28. The number of nitrogens with zero attached hydrogens (tertiary/aromatic N) is 2. The zero-order valence-corrected chi connectivity index (χ0v) is 14.6. The van der Waals surface area contributed by atoms with Crippen LogP contribution < -0.4 is 15.0 Å². The third-order valence-corrected chi connectivity index (χ3v) is 4.51. The molecule has 1 aliphatic heterocycles. The molecule has 2 rings (SSSR count). The molecule has 0 unspecified atom stereocenters. The molecule has 1 saturated heterocycles. The predicted octanol–water partition coefficient (Wildman–Crippen LogP) is -0.323. The zero-order chi connectivity index (χ0) is 18.6. The molecule has 0 bridgehead atoms. The number of ether oxygens (including phenoxy) is 1. The lowest BCUT2D eigenvalue weighted by Gasteiger charge is -2.34. The molecular formula is C16H23N4O5+. The predicted molar refractivity (Wildman–Crippen MR) is 90.7 cm³/mol. The Balaban J connectivity index is 2.05. The number of anilines is 1. The smallest absolute Gasteiger partial charge is 0.282 e. The van der Waals surface area contributed by atoms with E-state index in [0.29, 0.717) is 31.9 Å². The van der Waals surface area contributed by atoms with E-state index in [-0.39, 0.29) is 29.2 Å². The van der Waals surface area contributed by atoms with Gasteiger partial charge in [-0.2, -0.15) is 0 Å². The number of nitro benzene ring substituents is 1. The third-order valence-electron chi connectivity index (χ3n) is 4.51. The van der Waals surface area contributed by atoms with Crippen LogP contribution in [0.1, 0.15) is 13.8 Å². The topological polar surface area (TPSA) is 106 Å². The average Bonchev–Trinajstić information content (AvgIpc) is 2.60. The van der Waals surface area contributed by atoms with Crippen LogP contribution in [-0.2, 0) is 9.59 Å². The minimum absolute atomic E-state index is 0.0393. The minimum Gasteiger partial charge on any atom is -0.495 e. The van der Waals surface area contributed by atoms with Crippen LogP contribution in [0.3, 0.4) is 0 Å². The normalized spacial score (nSPS) is 16.2. The number of benzene rings is 1. The molecule has 1 aromatic carbocycles. The van der Waals surface area contributed by atoms with E-state index in [9.17, 15) is 19.7 Å². The molecule has 0 aliphatic carbocycles. The van der Waals surface area contributed by atoms with Crippen molar-refractivity contribution in [2.45, 2.75) is 19.9 Å². The lowest BCUT2D eigenvalue weighted by atomic mass is 10.2. The molecule has 0 saturated carbocycles. The SMILES string of the molecule is COc1ccc([N+](=O)[O-])cc1NC(=O)[C@@H](C)[NH+]1CCN(C(C)=O)CC1. The highest BCUT2D eigenvalue weighted by molar-refractivity contribution is 5.95. The average molecular weight is 351 g/mol. The molecule has 2 N–H and O–H groups in total. The van der Waals surface area contributed by atoms with Crippen LogP contribution in [0.4, 0.5) is 11.4 Å². The summed E-state index contributed by atoms with van der Waals surface area (Å²) < 4.78 is 5.16. The van der Waals surface area contributed by atoms with Gasteiger partial charge in [0.2, 0.25) is 5.91 Å². The maximum absolute atomic E-state index is 12.5. The van der Waals surface area contributed by atoms with E-state index in [1.54, 1.807) is 11.8 Å². The molecule has 0 spiro atoms. The van der Waals surface area contributed by atoms with E-state index in [0.717, 1.165) is 4.90 Å². The molecule has 1 atom stereocenters. The van der Waals surface area contributed by atoms with E-state index in [1.807, 2.05) is 0 Å². The molecule has 0 aromatic heterocycles. The molecule has 1 heterocycles. The largest absolute Gasteiger partial charge is 0.495 e. The number of carbonyl (C=O) groups is 2. The van der Waals surface area contributed by atoms with Gasteiger partial charge in [-0.1, -0.05) is 0 Å². The summed E-state index contributed by atoms with van der Waals surface area (Å²) in [6, 6.07) is 3.71. The molecule has 25 heavy (non-hydrogen) atoms. The summed E-state index contributed by atoms with van der Waals surface area (Å²) in [5.74, 6) is 0.158. The van der Waals surface area contributed by atoms with E-state index in [1.165, 1.54) is 32.2 Å². The molecule has 1 fully saturated rings. The van der Waals surface area contributed by atoms with E-state index < -0.39 is 4.92 Å². The van der Waals surface area contributed by atoms with Crippen molar-refractivity contribution in [1.29, 1.82) is 0 Å². The van der Waals surface area contributed by atoms with E-state index >= 15 is 0 Å². The molecular weight excluding hydrogens is 328 g/mol. The number of rotatable bonds is 5. The quantitative estimate of drug-likeness (QED) is 0.558. The van der Waals surface area contributed by atoms with Crippen LogP contribution in [0.25, 0.3) is 0 Å². The first kappa shape index (κ1) is 18.7. The number of methoxy groups -OCH3 is 1. The zero-order valence-electron chi connectivity index (χ0n) is 14.6. The summed E-state index contributed by atoms with van der Waals surface area (Å²) in [5.41, 5.74) is 0.154. The fourth-order valence-corrected chi connectivity index (χ4v) is 2.88. The lowest BCUT2D eigenvalue weighted by molar-refractivity contribution is -0.917. The number of carbonyl (C=O) groups excluding carboxylic acids is 2. The summed E-state index contributed by atoms with van der Waals surface area (Å²) >= 11 is 0. The monoisotopic (exact) mass is 351 g/mol. The Labute approximate surface area is 145 Å². The van der Waals surface area contributed by atoms with E-state index in [4.69, 9.17) is 4.74 Å². The minimum atomic E-state index is -0.523. The van der Waals surface area contributed by atoms with Gasteiger partial charge in [-0.05, 0) is 13.0 Å². The molecule has 9 nitrogen and oxygen atoms in total.